The van der Waals surface area contributed by atoms with Crippen molar-refractivity contribution < 1.29 is 22.5 Å². The number of piperidine rings is 1. The molecule has 0 aliphatic carbocycles. The predicted molar refractivity (Wildman–Crippen MR) is 92.9 cm³/mol. The third-order valence-electron chi connectivity index (χ3n) is 5.21. The van der Waals surface area contributed by atoms with Gasteiger partial charge in [-0.15, -0.1) is 0 Å². The Labute approximate surface area is 153 Å². The minimum atomic E-state index is -4.41. The number of likely N-dealkylation sites (tertiary alicyclic amines) is 1. The first kappa shape index (κ1) is 17.6. The molecule has 0 bridgehead atoms. The van der Waals surface area contributed by atoms with Crippen LogP contribution >= 0.6 is 0 Å². The molecule has 140 valence electrons. The second kappa shape index (κ2) is 6.72. The number of carbonyl (C=O) groups excluding carboxylic acids is 1. The molecule has 27 heavy (non-hydrogen) atoms. The van der Waals surface area contributed by atoms with Crippen molar-refractivity contribution >= 4 is 17.4 Å². The van der Waals surface area contributed by atoms with E-state index >= 15 is 0 Å². The zero-order chi connectivity index (χ0) is 19.0. The lowest BCUT2D eigenvalue weighted by Gasteiger charge is -2.37. The van der Waals surface area contributed by atoms with E-state index < -0.39 is 17.8 Å². The summed E-state index contributed by atoms with van der Waals surface area (Å²) in [6.07, 6.45) is -2.84. The number of fused-ring (bicyclic) bond motifs is 1. The van der Waals surface area contributed by atoms with Crippen molar-refractivity contribution in [3.05, 3.63) is 65.4 Å². The number of amides is 1. The first-order valence-electron chi connectivity index (χ1n) is 8.70. The molecule has 3 aromatic rings. The van der Waals surface area contributed by atoms with Gasteiger partial charge in [0.1, 0.15) is 5.69 Å². The van der Waals surface area contributed by atoms with Crippen LogP contribution in [0.5, 0.6) is 0 Å². The lowest BCUT2D eigenvalue weighted by atomic mass is 9.82. The van der Waals surface area contributed by atoms with Crippen LogP contribution in [0.4, 0.5) is 13.2 Å². The Bertz CT molecular complexity index is 967. The van der Waals surface area contributed by atoms with Gasteiger partial charge in [0.25, 0.3) is 0 Å². The number of nitrogens with zero attached hydrogens (tertiary/aromatic N) is 2. The van der Waals surface area contributed by atoms with Crippen LogP contribution in [0.1, 0.15) is 41.6 Å². The number of hydrogen-bond acceptors (Lipinski definition) is 3. The molecule has 1 saturated heterocycles. The van der Waals surface area contributed by atoms with Crippen LogP contribution in [-0.2, 0) is 11.0 Å². The molecule has 4 rings (SSSR count). The summed E-state index contributed by atoms with van der Waals surface area (Å²) in [4.78, 5) is 13.2. The van der Waals surface area contributed by atoms with Crippen LogP contribution in [0.3, 0.4) is 0 Å². The maximum Gasteiger partial charge on any atom is 0.416 e. The quantitative estimate of drug-likeness (QED) is 0.611. The average Bonchev–Trinajstić information content (AvgIpc) is 3.11. The highest BCUT2D eigenvalue weighted by atomic mass is 19.4. The summed E-state index contributed by atoms with van der Waals surface area (Å²) in [6, 6.07) is 12.5. The molecule has 1 amide bonds. The minimum Gasteiger partial charge on any atom is -0.356 e. The van der Waals surface area contributed by atoms with E-state index in [9.17, 15) is 18.0 Å². The molecule has 0 spiro atoms. The topological polar surface area (TPSA) is 46.3 Å². The van der Waals surface area contributed by atoms with Crippen LogP contribution in [0.2, 0.25) is 0 Å². The Morgan fingerprint density at radius 1 is 1.11 bits per heavy atom. The van der Waals surface area contributed by atoms with E-state index in [1.54, 1.807) is 17.0 Å². The van der Waals surface area contributed by atoms with Crippen LogP contribution in [0.15, 0.2) is 53.1 Å². The highest BCUT2D eigenvalue weighted by Gasteiger charge is 2.38. The summed E-state index contributed by atoms with van der Waals surface area (Å²) >= 11 is 0. The highest BCUT2D eigenvalue weighted by Crippen LogP contribution is 2.44. The van der Waals surface area contributed by atoms with Gasteiger partial charge >= 0.3 is 6.18 Å². The van der Waals surface area contributed by atoms with Gasteiger partial charge in [0.05, 0.1) is 11.6 Å². The van der Waals surface area contributed by atoms with Crippen LogP contribution in [0.25, 0.3) is 11.0 Å². The number of aromatic nitrogens is 1. The van der Waals surface area contributed by atoms with Crippen molar-refractivity contribution in [1.29, 1.82) is 0 Å². The normalized spacial score (nSPS) is 20.8. The minimum absolute atomic E-state index is 0.272. The first-order chi connectivity index (χ1) is 13.0. The Hall–Kier alpha value is -2.83. The Morgan fingerprint density at radius 2 is 1.85 bits per heavy atom. The second-order valence-corrected chi connectivity index (χ2v) is 6.73. The molecule has 1 aliphatic rings. The van der Waals surface area contributed by atoms with E-state index in [0.29, 0.717) is 30.7 Å². The van der Waals surface area contributed by atoms with E-state index in [2.05, 4.69) is 5.16 Å². The van der Waals surface area contributed by atoms with E-state index in [1.165, 1.54) is 12.1 Å². The summed E-state index contributed by atoms with van der Waals surface area (Å²) in [5.74, 6) is -0.320. The fourth-order valence-electron chi connectivity index (χ4n) is 3.92. The number of hydrogen-bond donors (Lipinski definition) is 0. The number of para-hydroxylation sites is 1. The lowest BCUT2D eigenvalue weighted by molar-refractivity contribution is -0.138. The lowest BCUT2D eigenvalue weighted by Crippen LogP contribution is -2.36. The van der Waals surface area contributed by atoms with Gasteiger partial charge in [-0.3, -0.25) is 4.79 Å². The number of alkyl halides is 3. The molecule has 7 heteroatoms. The molecule has 2 unspecified atom stereocenters. The SMILES string of the molecule is O=CN1CCC(c2ccccc2C(F)(F)F)CC1c1noc2ccccc12. The van der Waals surface area contributed by atoms with Gasteiger partial charge in [-0.05, 0) is 42.5 Å². The van der Waals surface area contributed by atoms with Crippen molar-refractivity contribution in [2.75, 3.05) is 6.54 Å². The third kappa shape index (κ3) is 3.18. The van der Waals surface area contributed by atoms with Gasteiger partial charge in [0.15, 0.2) is 5.58 Å². The molecule has 4 nitrogen and oxygen atoms in total. The van der Waals surface area contributed by atoms with Gasteiger partial charge in [-0.25, -0.2) is 0 Å². The van der Waals surface area contributed by atoms with E-state index in [1.807, 2.05) is 18.2 Å². The highest BCUT2D eigenvalue weighted by molar-refractivity contribution is 5.80. The molecule has 0 saturated carbocycles. The van der Waals surface area contributed by atoms with Crippen molar-refractivity contribution in [1.82, 2.24) is 10.1 Å². The van der Waals surface area contributed by atoms with Crippen molar-refractivity contribution in [2.45, 2.75) is 31.0 Å². The maximum absolute atomic E-state index is 13.4. The van der Waals surface area contributed by atoms with E-state index in [4.69, 9.17) is 4.52 Å². The second-order valence-electron chi connectivity index (χ2n) is 6.73. The Balaban J connectivity index is 1.73. The standard InChI is InChI=1S/C20H17F3N2O2/c21-20(22,23)16-7-3-1-5-14(16)13-9-10-25(12-26)17(11-13)19-15-6-2-4-8-18(15)27-24-19/h1-8,12-13,17H,9-11H2. The fourth-order valence-corrected chi connectivity index (χ4v) is 3.92. The van der Waals surface area contributed by atoms with Gasteiger partial charge in [-0.1, -0.05) is 35.5 Å². The van der Waals surface area contributed by atoms with Gasteiger partial charge < -0.3 is 9.42 Å². The molecule has 0 N–H and O–H groups in total. The fraction of sp³-hybridized carbons (Fsp3) is 0.300. The van der Waals surface area contributed by atoms with Crippen molar-refractivity contribution in [3.63, 3.8) is 0 Å². The third-order valence-corrected chi connectivity index (χ3v) is 5.21. The number of halogens is 3. The predicted octanol–water partition coefficient (Wildman–Crippen LogP) is 4.92. The summed E-state index contributed by atoms with van der Waals surface area (Å²) in [5.41, 5.74) is 0.842. The van der Waals surface area contributed by atoms with Gasteiger partial charge in [0, 0.05) is 11.9 Å². The molecule has 0 radical (unpaired) electrons. The maximum atomic E-state index is 13.4. The molecule has 2 aromatic carbocycles. The summed E-state index contributed by atoms with van der Waals surface area (Å²) in [7, 11) is 0. The number of rotatable bonds is 3. The van der Waals surface area contributed by atoms with Crippen LogP contribution < -0.4 is 0 Å². The molecule has 2 atom stereocenters. The van der Waals surface area contributed by atoms with Crippen LogP contribution in [0, 0.1) is 0 Å². The molecular weight excluding hydrogens is 357 g/mol. The van der Waals surface area contributed by atoms with Crippen molar-refractivity contribution in [3.8, 4) is 0 Å². The van der Waals surface area contributed by atoms with E-state index in [-0.39, 0.29) is 11.5 Å². The monoisotopic (exact) mass is 374 g/mol. The molecule has 1 aromatic heterocycles. The van der Waals surface area contributed by atoms with Gasteiger partial charge in [0.2, 0.25) is 6.41 Å². The van der Waals surface area contributed by atoms with Gasteiger partial charge in [-0.2, -0.15) is 13.2 Å². The molecule has 2 heterocycles. The summed E-state index contributed by atoms with van der Waals surface area (Å²) < 4.78 is 45.6. The van der Waals surface area contributed by atoms with Crippen LogP contribution in [-0.4, -0.2) is 23.0 Å². The number of carbonyl (C=O) groups is 1. The Morgan fingerprint density at radius 3 is 2.63 bits per heavy atom. The summed E-state index contributed by atoms with van der Waals surface area (Å²) in [6.45, 7) is 0.367. The molecule has 1 fully saturated rings. The zero-order valence-corrected chi connectivity index (χ0v) is 14.3. The average molecular weight is 374 g/mol. The first-order valence-corrected chi connectivity index (χ1v) is 8.70. The van der Waals surface area contributed by atoms with E-state index in [0.717, 1.165) is 17.9 Å². The number of benzene rings is 2. The molecule has 1 aliphatic heterocycles. The van der Waals surface area contributed by atoms with Crippen molar-refractivity contribution in [2.24, 2.45) is 0 Å². The summed E-state index contributed by atoms with van der Waals surface area (Å²) in [5, 5.41) is 4.90. The largest absolute Gasteiger partial charge is 0.416 e. The zero-order valence-electron chi connectivity index (χ0n) is 14.3. The smallest absolute Gasteiger partial charge is 0.356 e. The molecular formula is C20H17F3N2O2. The Kier molecular flexibility index (Phi) is 4.37.